The summed E-state index contributed by atoms with van der Waals surface area (Å²) in [6, 6.07) is 6.44. The zero-order valence-corrected chi connectivity index (χ0v) is 11.5. The molecule has 0 saturated carbocycles. The number of benzene rings is 1. The summed E-state index contributed by atoms with van der Waals surface area (Å²) in [5.41, 5.74) is 2.62. The quantitative estimate of drug-likeness (QED) is 0.822. The van der Waals surface area contributed by atoms with Crippen LogP contribution in [-0.2, 0) is 14.9 Å². The highest BCUT2D eigenvalue weighted by Crippen LogP contribution is 2.36. The molecule has 3 heteroatoms. The van der Waals surface area contributed by atoms with Crippen LogP contribution in [0.3, 0.4) is 0 Å². The van der Waals surface area contributed by atoms with Crippen LogP contribution >= 0.6 is 0 Å². The molecule has 18 heavy (non-hydrogen) atoms. The van der Waals surface area contributed by atoms with Gasteiger partial charge in [-0.1, -0.05) is 12.1 Å². The fourth-order valence-electron chi connectivity index (χ4n) is 2.76. The number of hydrogen-bond acceptors (Lipinski definition) is 3. The van der Waals surface area contributed by atoms with Gasteiger partial charge in [0.2, 0.25) is 0 Å². The predicted molar refractivity (Wildman–Crippen MR) is 71.3 cm³/mol. The smallest absolute Gasteiger partial charge is 0.121 e. The second kappa shape index (κ2) is 5.72. The van der Waals surface area contributed by atoms with E-state index in [1.807, 2.05) is 0 Å². The molecule has 0 N–H and O–H groups in total. The highest BCUT2D eigenvalue weighted by atomic mass is 16.5. The summed E-state index contributed by atoms with van der Waals surface area (Å²) in [6.45, 7) is 4.47. The van der Waals surface area contributed by atoms with Crippen molar-refractivity contribution in [2.24, 2.45) is 0 Å². The standard InChI is InChI=1S/C15H22O3/c1-12-10-13(4-5-14(12)17-3)15(11-16-2)6-8-18-9-7-15/h4-5,10H,6-9,11H2,1-3H3. The lowest BCUT2D eigenvalue weighted by Gasteiger charge is -2.37. The number of hydrogen-bond donors (Lipinski definition) is 0. The van der Waals surface area contributed by atoms with Crippen molar-refractivity contribution in [1.82, 2.24) is 0 Å². The van der Waals surface area contributed by atoms with Gasteiger partial charge >= 0.3 is 0 Å². The highest BCUT2D eigenvalue weighted by molar-refractivity contribution is 5.39. The van der Waals surface area contributed by atoms with Crippen molar-refractivity contribution >= 4 is 0 Å². The summed E-state index contributed by atoms with van der Waals surface area (Å²) in [5, 5.41) is 0. The second-order valence-electron chi connectivity index (χ2n) is 5.01. The number of aryl methyl sites for hydroxylation is 1. The van der Waals surface area contributed by atoms with Crippen molar-refractivity contribution in [3.63, 3.8) is 0 Å². The Hall–Kier alpha value is -1.06. The topological polar surface area (TPSA) is 27.7 Å². The zero-order valence-electron chi connectivity index (χ0n) is 11.5. The molecule has 1 heterocycles. The van der Waals surface area contributed by atoms with Crippen molar-refractivity contribution in [1.29, 1.82) is 0 Å². The van der Waals surface area contributed by atoms with E-state index in [9.17, 15) is 0 Å². The molecule has 1 aromatic carbocycles. The third kappa shape index (κ3) is 2.52. The molecule has 1 aliphatic heterocycles. The minimum atomic E-state index is 0.101. The van der Waals surface area contributed by atoms with Crippen LogP contribution in [-0.4, -0.2) is 34.0 Å². The molecule has 1 aromatic rings. The number of ether oxygens (including phenoxy) is 3. The first kappa shape index (κ1) is 13.4. The largest absolute Gasteiger partial charge is 0.496 e. The van der Waals surface area contributed by atoms with Crippen molar-refractivity contribution in [3.8, 4) is 5.75 Å². The molecule has 3 nitrogen and oxygen atoms in total. The van der Waals surface area contributed by atoms with E-state index in [0.717, 1.165) is 38.4 Å². The molecule has 0 aliphatic carbocycles. The van der Waals surface area contributed by atoms with Gasteiger partial charge in [-0.25, -0.2) is 0 Å². The van der Waals surface area contributed by atoms with E-state index < -0.39 is 0 Å². The number of rotatable bonds is 4. The Morgan fingerprint density at radius 1 is 1.22 bits per heavy atom. The van der Waals surface area contributed by atoms with Crippen LogP contribution in [0.1, 0.15) is 24.0 Å². The van der Waals surface area contributed by atoms with Gasteiger partial charge in [-0.2, -0.15) is 0 Å². The van der Waals surface area contributed by atoms with Crippen LogP contribution in [0.15, 0.2) is 18.2 Å². The Morgan fingerprint density at radius 2 is 1.94 bits per heavy atom. The van der Waals surface area contributed by atoms with Gasteiger partial charge in [-0.05, 0) is 37.0 Å². The van der Waals surface area contributed by atoms with Gasteiger partial charge in [-0.15, -0.1) is 0 Å². The van der Waals surface area contributed by atoms with E-state index in [0.29, 0.717) is 0 Å². The molecule has 2 rings (SSSR count). The first-order valence-electron chi connectivity index (χ1n) is 6.44. The normalized spacial score (nSPS) is 18.6. The van der Waals surface area contributed by atoms with Gasteiger partial charge in [0, 0.05) is 25.7 Å². The Balaban J connectivity index is 2.33. The molecule has 0 bridgehead atoms. The first-order chi connectivity index (χ1) is 8.72. The van der Waals surface area contributed by atoms with Crippen LogP contribution < -0.4 is 4.74 Å². The molecular weight excluding hydrogens is 228 g/mol. The molecule has 0 atom stereocenters. The van der Waals surface area contributed by atoms with Crippen LogP contribution in [0.2, 0.25) is 0 Å². The molecular formula is C15H22O3. The minimum Gasteiger partial charge on any atom is -0.496 e. The molecule has 1 saturated heterocycles. The van der Waals surface area contributed by atoms with Gasteiger partial charge in [0.05, 0.1) is 13.7 Å². The van der Waals surface area contributed by atoms with Gasteiger partial charge in [0.15, 0.2) is 0 Å². The van der Waals surface area contributed by atoms with Crippen molar-refractivity contribution < 1.29 is 14.2 Å². The van der Waals surface area contributed by atoms with Gasteiger partial charge in [-0.3, -0.25) is 0 Å². The minimum absolute atomic E-state index is 0.101. The number of methoxy groups -OCH3 is 2. The summed E-state index contributed by atoms with van der Waals surface area (Å²) in [5.74, 6) is 0.943. The molecule has 1 aliphatic rings. The van der Waals surface area contributed by atoms with Crippen LogP contribution in [0.4, 0.5) is 0 Å². The van der Waals surface area contributed by atoms with E-state index in [-0.39, 0.29) is 5.41 Å². The fourth-order valence-corrected chi connectivity index (χ4v) is 2.76. The first-order valence-corrected chi connectivity index (χ1v) is 6.44. The predicted octanol–water partition coefficient (Wildman–Crippen LogP) is 2.70. The van der Waals surface area contributed by atoms with E-state index >= 15 is 0 Å². The second-order valence-corrected chi connectivity index (χ2v) is 5.01. The lowest BCUT2D eigenvalue weighted by molar-refractivity contribution is 0.0136. The van der Waals surface area contributed by atoms with Crippen molar-refractivity contribution in [3.05, 3.63) is 29.3 Å². The summed E-state index contributed by atoms with van der Waals surface area (Å²) in [6.07, 6.45) is 2.04. The molecule has 1 fully saturated rings. The van der Waals surface area contributed by atoms with Gasteiger partial charge < -0.3 is 14.2 Å². The highest BCUT2D eigenvalue weighted by Gasteiger charge is 2.34. The third-order valence-corrected chi connectivity index (χ3v) is 3.88. The molecule has 0 radical (unpaired) electrons. The lowest BCUT2D eigenvalue weighted by atomic mass is 9.74. The Labute approximate surface area is 109 Å². The Morgan fingerprint density at radius 3 is 2.50 bits per heavy atom. The van der Waals surface area contributed by atoms with E-state index in [2.05, 4.69) is 25.1 Å². The Kier molecular flexibility index (Phi) is 4.25. The summed E-state index contributed by atoms with van der Waals surface area (Å²) >= 11 is 0. The fraction of sp³-hybridized carbons (Fsp3) is 0.600. The van der Waals surface area contributed by atoms with Crippen molar-refractivity contribution in [2.75, 3.05) is 34.0 Å². The van der Waals surface area contributed by atoms with Crippen LogP contribution in [0.25, 0.3) is 0 Å². The molecule has 100 valence electrons. The molecule has 0 spiro atoms. The van der Waals surface area contributed by atoms with E-state index in [4.69, 9.17) is 14.2 Å². The average molecular weight is 250 g/mol. The monoisotopic (exact) mass is 250 g/mol. The summed E-state index contributed by atoms with van der Waals surface area (Å²) in [7, 11) is 3.48. The SMILES string of the molecule is COCC1(c2ccc(OC)c(C)c2)CCOCC1. The van der Waals surface area contributed by atoms with Crippen LogP contribution in [0.5, 0.6) is 5.75 Å². The summed E-state index contributed by atoms with van der Waals surface area (Å²) in [4.78, 5) is 0. The van der Waals surface area contributed by atoms with Gasteiger partial charge in [0.25, 0.3) is 0 Å². The summed E-state index contributed by atoms with van der Waals surface area (Å²) < 4.78 is 16.3. The zero-order chi connectivity index (χ0) is 13.0. The molecule has 0 aromatic heterocycles. The maximum absolute atomic E-state index is 5.49. The molecule has 0 unspecified atom stereocenters. The van der Waals surface area contributed by atoms with Crippen molar-refractivity contribution in [2.45, 2.75) is 25.2 Å². The van der Waals surface area contributed by atoms with Crippen LogP contribution in [0, 0.1) is 6.92 Å². The lowest BCUT2D eigenvalue weighted by Crippen LogP contribution is -2.38. The average Bonchev–Trinajstić information content (AvgIpc) is 2.40. The maximum Gasteiger partial charge on any atom is 0.121 e. The van der Waals surface area contributed by atoms with E-state index in [1.165, 1.54) is 11.1 Å². The van der Waals surface area contributed by atoms with E-state index in [1.54, 1.807) is 14.2 Å². The maximum atomic E-state index is 5.49. The van der Waals surface area contributed by atoms with Gasteiger partial charge in [0.1, 0.15) is 5.75 Å². The molecule has 0 amide bonds. The Bertz CT molecular complexity index is 389. The third-order valence-electron chi connectivity index (χ3n) is 3.88.